The van der Waals surface area contributed by atoms with Gasteiger partial charge in [0, 0.05) is 48.5 Å². The zero-order chi connectivity index (χ0) is 23.7. The number of nitrogens with zero attached hydrogens (tertiary/aromatic N) is 1. The zero-order valence-corrected chi connectivity index (χ0v) is 20.0. The number of rotatable bonds is 6. The molecule has 6 nitrogen and oxygen atoms in total. The fourth-order valence-corrected chi connectivity index (χ4v) is 6.02. The summed E-state index contributed by atoms with van der Waals surface area (Å²) in [6.45, 7) is 5.65. The van der Waals surface area contributed by atoms with Gasteiger partial charge in [-0.3, -0.25) is 4.90 Å². The summed E-state index contributed by atoms with van der Waals surface area (Å²) in [6, 6.07) is 12.0. The second-order valence-corrected chi connectivity index (χ2v) is 9.79. The molecule has 2 aliphatic heterocycles. The lowest BCUT2D eigenvalue weighted by Gasteiger charge is -2.43. The lowest BCUT2D eigenvalue weighted by molar-refractivity contribution is 0.0141. The quantitative estimate of drug-likeness (QED) is 0.501. The molecule has 2 N–H and O–H groups in total. The summed E-state index contributed by atoms with van der Waals surface area (Å²) < 4.78 is 11.4. The Hall–Kier alpha value is -2.83. The van der Waals surface area contributed by atoms with Gasteiger partial charge in [0.15, 0.2) is 0 Å². The van der Waals surface area contributed by atoms with Gasteiger partial charge >= 0.3 is 5.97 Å². The predicted octanol–water partition coefficient (Wildman–Crippen LogP) is 5.56. The van der Waals surface area contributed by atoms with Crippen LogP contribution in [0.1, 0.15) is 58.8 Å². The number of hydrogen-bond donors (Lipinski definition) is 2. The molecule has 0 unspecified atom stereocenters. The van der Waals surface area contributed by atoms with E-state index in [1.165, 1.54) is 28.5 Å². The Morgan fingerprint density at radius 1 is 1.15 bits per heavy atom. The van der Waals surface area contributed by atoms with Gasteiger partial charge < -0.3 is 19.6 Å². The highest BCUT2D eigenvalue weighted by molar-refractivity contribution is 5.88. The van der Waals surface area contributed by atoms with Crippen molar-refractivity contribution >= 4 is 16.9 Å². The van der Waals surface area contributed by atoms with Gasteiger partial charge in [0.05, 0.1) is 12.7 Å². The Morgan fingerprint density at radius 2 is 1.91 bits per heavy atom. The molecule has 6 heteroatoms. The number of methoxy groups -OCH3 is 1. The molecule has 0 radical (unpaired) electrons. The van der Waals surface area contributed by atoms with E-state index in [2.05, 4.69) is 28.9 Å². The van der Waals surface area contributed by atoms with Crippen molar-refractivity contribution in [1.82, 2.24) is 9.88 Å². The van der Waals surface area contributed by atoms with Gasteiger partial charge in [-0.05, 0) is 86.4 Å². The molecule has 0 aliphatic carbocycles. The number of carbonyl (C=O) groups is 1. The molecule has 2 fully saturated rings. The average molecular weight is 463 g/mol. The van der Waals surface area contributed by atoms with E-state index in [0.717, 1.165) is 56.8 Å². The SMILES string of the molecule is COc1cc(C)c2[nH]ccc2c1CN1CC[C@@H](C2CCOCC2)C[C@H]1c1ccc(C(=O)O)cc1. The maximum Gasteiger partial charge on any atom is 0.335 e. The number of likely N-dealkylation sites (tertiary alicyclic amines) is 1. The Kier molecular flexibility index (Phi) is 6.61. The van der Waals surface area contributed by atoms with Crippen molar-refractivity contribution in [1.29, 1.82) is 0 Å². The molecule has 1 aromatic heterocycles. The van der Waals surface area contributed by atoms with Crippen molar-refractivity contribution < 1.29 is 19.4 Å². The average Bonchev–Trinajstić information content (AvgIpc) is 3.37. The van der Waals surface area contributed by atoms with Gasteiger partial charge in [-0.1, -0.05) is 12.1 Å². The third-order valence-corrected chi connectivity index (χ3v) is 7.92. The molecule has 0 spiro atoms. The fourth-order valence-electron chi connectivity index (χ4n) is 6.02. The summed E-state index contributed by atoms with van der Waals surface area (Å²) in [6.07, 6.45) is 6.55. The predicted molar refractivity (Wildman–Crippen MR) is 132 cm³/mol. The van der Waals surface area contributed by atoms with E-state index in [9.17, 15) is 9.90 Å². The van der Waals surface area contributed by atoms with Crippen molar-refractivity contribution in [2.75, 3.05) is 26.9 Å². The van der Waals surface area contributed by atoms with Crippen LogP contribution in [0.5, 0.6) is 5.75 Å². The topological polar surface area (TPSA) is 74.8 Å². The highest BCUT2D eigenvalue weighted by Crippen LogP contribution is 2.42. The molecule has 2 aromatic carbocycles. The summed E-state index contributed by atoms with van der Waals surface area (Å²) in [5, 5.41) is 10.6. The normalized spacial score (nSPS) is 22.2. The number of H-pyrrole nitrogens is 1. The lowest BCUT2D eigenvalue weighted by Crippen LogP contribution is -2.39. The molecule has 2 saturated heterocycles. The van der Waals surface area contributed by atoms with Crippen molar-refractivity contribution in [3.8, 4) is 5.75 Å². The van der Waals surface area contributed by atoms with Gasteiger partial charge in [0.25, 0.3) is 0 Å². The van der Waals surface area contributed by atoms with Crippen molar-refractivity contribution in [3.63, 3.8) is 0 Å². The first kappa shape index (κ1) is 22.9. The largest absolute Gasteiger partial charge is 0.496 e. The van der Waals surface area contributed by atoms with Crippen molar-refractivity contribution in [2.45, 2.75) is 45.2 Å². The van der Waals surface area contributed by atoms with E-state index in [1.54, 1.807) is 19.2 Å². The van der Waals surface area contributed by atoms with E-state index in [4.69, 9.17) is 9.47 Å². The number of aromatic amines is 1. The van der Waals surface area contributed by atoms with Crippen LogP contribution in [0.25, 0.3) is 10.9 Å². The van der Waals surface area contributed by atoms with Gasteiger partial charge in [-0.25, -0.2) is 4.79 Å². The maximum absolute atomic E-state index is 11.4. The number of ether oxygens (including phenoxy) is 2. The molecule has 0 saturated carbocycles. The van der Waals surface area contributed by atoms with Gasteiger partial charge in [0.1, 0.15) is 5.75 Å². The standard InChI is InChI=1S/C28H34N2O4/c1-18-15-26(33-2)24(23-7-11-29-27(18)23)17-30-12-8-22(19-9-13-34-14-10-19)16-25(30)20-3-5-21(6-4-20)28(31)32/h3-7,11,15,19,22,25,29H,8-10,12-14,16-17H2,1-2H3,(H,31,32)/t22-,25+/m1/s1. The van der Waals surface area contributed by atoms with Crippen LogP contribution in [0, 0.1) is 18.8 Å². The fraction of sp³-hybridized carbons (Fsp3) is 0.464. The molecular weight excluding hydrogens is 428 g/mol. The maximum atomic E-state index is 11.4. The number of carboxylic acids is 1. The van der Waals surface area contributed by atoms with E-state index in [-0.39, 0.29) is 6.04 Å². The van der Waals surface area contributed by atoms with E-state index >= 15 is 0 Å². The van der Waals surface area contributed by atoms with Gasteiger partial charge in [-0.2, -0.15) is 0 Å². The molecule has 0 bridgehead atoms. The summed E-state index contributed by atoms with van der Waals surface area (Å²) in [5.41, 5.74) is 5.08. The Morgan fingerprint density at radius 3 is 2.62 bits per heavy atom. The summed E-state index contributed by atoms with van der Waals surface area (Å²) in [7, 11) is 1.75. The molecule has 5 rings (SSSR count). The van der Waals surface area contributed by atoms with Crippen LogP contribution in [-0.4, -0.2) is 47.8 Å². The number of fused-ring (bicyclic) bond motifs is 1. The Balaban J connectivity index is 1.47. The molecule has 3 aromatic rings. The summed E-state index contributed by atoms with van der Waals surface area (Å²) >= 11 is 0. The monoisotopic (exact) mass is 462 g/mol. The third-order valence-electron chi connectivity index (χ3n) is 7.92. The molecule has 2 atom stereocenters. The number of piperidine rings is 1. The number of aromatic nitrogens is 1. The molecule has 0 amide bonds. The minimum absolute atomic E-state index is 0.240. The van der Waals surface area contributed by atoms with E-state index in [1.807, 2.05) is 18.3 Å². The van der Waals surface area contributed by atoms with Crippen LogP contribution in [0.3, 0.4) is 0 Å². The number of aromatic carboxylic acids is 1. The van der Waals surface area contributed by atoms with Crippen LogP contribution in [0.15, 0.2) is 42.6 Å². The van der Waals surface area contributed by atoms with Crippen LogP contribution in [0.2, 0.25) is 0 Å². The minimum atomic E-state index is -0.883. The van der Waals surface area contributed by atoms with E-state index in [0.29, 0.717) is 17.4 Å². The first-order valence-corrected chi connectivity index (χ1v) is 12.3. The minimum Gasteiger partial charge on any atom is -0.496 e. The smallest absolute Gasteiger partial charge is 0.335 e. The van der Waals surface area contributed by atoms with Crippen LogP contribution in [0.4, 0.5) is 0 Å². The van der Waals surface area contributed by atoms with Crippen molar-refractivity contribution in [3.05, 3.63) is 64.8 Å². The second kappa shape index (κ2) is 9.80. The number of aryl methyl sites for hydroxylation is 1. The van der Waals surface area contributed by atoms with Crippen LogP contribution in [-0.2, 0) is 11.3 Å². The summed E-state index contributed by atoms with van der Waals surface area (Å²) in [4.78, 5) is 17.4. The zero-order valence-electron chi connectivity index (χ0n) is 20.0. The second-order valence-electron chi connectivity index (χ2n) is 9.79. The number of carboxylic acid groups (broad SMARTS) is 1. The number of nitrogens with one attached hydrogen (secondary N) is 1. The molecule has 34 heavy (non-hydrogen) atoms. The number of benzene rings is 2. The summed E-state index contributed by atoms with van der Waals surface area (Å²) in [5.74, 6) is 1.42. The lowest BCUT2D eigenvalue weighted by atomic mass is 9.76. The molecule has 2 aliphatic rings. The molecule has 180 valence electrons. The van der Waals surface area contributed by atoms with Crippen LogP contribution >= 0.6 is 0 Å². The highest BCUT2D eigenvalue weighted by Gasteiger charge is 2.35. The molecule has 3 heterocycles. The van der Waals surface area contributed by atoms with Gasteiger partial charge in [0.2, 0.25) is 0 Å². The molecular formula is C28H34N2O4. The van der Waals surface area contributed by atoms with Crippen molar-refractivity contribution in [2.24, 2.45) is 11.8 Å². The van der Waals surface area contributed by atoms with Gasteiger partial charge in [-0.15, -0.1) is 0 Å². The van der Waals surface area contributed by atoms with E-state index < -0.39 is 5.97 Å². The third kappa shape index (κ3) is 4.44. The Bertz CT molecular complexity index is 1150. The first-order chi connectivity index (χ1) is 16.5. The highest BCUT2D eigenvalue weighted by atomic mass is 16.5. The van der Waals surface area contributed by atoms with Crippen LogP contribution < -0.4 is 4.74 Å². The Labute approximate surface area is 200 Å². The first-order valence-electron chi connectivity index (χ1n) is 12.3. The number of hydrogen-bond acceptors (Lipinski definition) is 4.